The van der Waals surface area contributed by atoms with Crippen LogP contribution in [0.5, 0.6) is 6.01 Å². The Balaban J connectivity index is 2.16. The molecule has 2 N–H and O–H groups in total. The Labute approximate surface area is 91.7 Å². The Bertz CT molecular complexity index is 395. The van der Waals surface area contributed by atoms with E-state index in [0.29, 0.717) is 16.9 Å². The number of hydrogen-bond acceptors (Lipinski definition) is 6. The Morgan fingerprint density at radius 3 is 3.07 bits per heavy atom. The van der Waals surface area contributed by atoms with Gasteiger partial charge in [-0.1, -0.05) is 11.6 Å². The van der Waals surface area contributed by atoms with Crippen LogP contribution in [0, 0.1) is 0 Å². The van der Waals surface area contributed by atoms with Crippen LogP contribution in [-0.2, 0) is 0 Å². The second kappa shape index (κ2) is 4.31. The summed E-state index contributed by atoms with van der Waals surface area (Å²) in [5.41, 5.74) is 0. The van der Waals surface area contributed by atoms with Gasteiger partial charge in [-0.2, -0.15) is 9.97 Å². The van der Waals surface area contributed by atoms with Crippen molar-refractivity contribution in [3.05, 3.63) is 11.2 Å². The number of anilines is 1. The van der Waals surface area contributed by atoms with Crippen LogP contribution in [0.1, 0.15) is 0 Å². The molecule has 0 amide bonds. The lowest BCUT2D eigenvalue weighted by Crippen LogP contribution is -2.26. The van der Waals surface area contributed by atoms with Crippen LogP contribution in [0.15, 0.2) is 11.1 Å². The number of hydrogen-bond donors (Lipinski definition) is 2. The van der Waals surface area contributed by atoms with Crippen LogP contribution in [0.4, 0.5) is 5.82 Å². The Kier molecular flexibility index (Phi) is 2.86. The highest BCUT2D eigenvalue weighted by Crippen LogP contribution is 2.15. The molecule has 0 atom stereocenters. The fraction of sp³-hybridized carbons (Fsp3) is 0.375. The zero-order valence-electron chi connectivity index (χ0n) is 8.12. The quantitative estimate of drug-likeness (QED) is 0.721. The molecule has 15 heavy (non-hydrogen) atoms. The minimum absolute atomic E-state index is 0.226. The second-order valence-electron chi connectivity index (χ2n) is 2.84. The second-order valence-corrected chi connectivity index (χ2v) is 3.23. The summed E-state index contributed by atoms with van der Waals surface area (Å²) >= 11 is 5.78. The van der Waals surface area contributed by atoms with E-state index in [1.807, 2.05) is 0 Å². The molecule has 80 valence electrons. The third-order valence-corrected chi connectivity index (χ3v) is 1.97. The first-order valence-corrected chi connectivity index (χ1v) is 4.79. The number of ether oxygens (including phenoxy) is 1. The SMILES string of the molecule is COc1nc(Cl)cc(NC2=NCCN2)n1. The van der Waals surface area contributed by atoms with Gasteiger partial charge < -0.3 is 15.4 Å². The number of halogens is 1. The molecule has 0 fully saturated rings. The largest absolute Gasteiger partial charge is 0.467 e. The first-order chi connectivity index (χ1) is 7.28. The third-order valence-electron chi connectivity index (χ3n) is 1.78. The zero-order chi connectivity index (χ0) is 10.7. The Hall–Kier alpha value is -1.56. The molecule has 0 saturated heterocycles. The summed E-state index contributed by atoms with van der Waals surface area (Å²) < 4.78 is 4.89. The van der Waals surface area contributed by atoms with Crippen molar-refractivity contribution in [2.75, 3.05) is 25.5 Å². The molecular weight excluding hydrogens is 218 g/mol. The normalized spacial score (nSPS) is 14.4. The van der Waals surface area contributed by atoms with Gasteiger partial charge in [-0.05, 0) is 0 Å². The number of nitrogens with one attached hydrogen (secondary N) is 2. The maximum Gasteiger partial charge on any atom is 0.319 e. The maximum atomic E-state index is 5.78. The van der Waals surface area contributed by atoms with Crippen molar-refractivity contribution in [2.45, 2.75) is 0 Å². The third kappa shape index (κ3) is 2.47. The summed E-state index contributed by atoms with van der Waals surface area (Å²) in [5.74, 6) is 1.24. The summed E-state index contributed by atoms with van der Waals surface area (Å²) in [6, 6.07) is 1.83. The summed E-state index contributed by atoms with van der Waals surface area (Å²) in [7, 11) is 1.49. The fourth-order valence-electron chi connectivity index (χ4n) is 1.16. The van der Waals surface area contributed by atoms with Gasteiger partial charge in [0, 0.05) is 12.6 Å². The standard InChI is InChI=1S/C8H10ClN5O/c1-15-8-12-5(9)4-6(14-8)13-7-10-2-3-11-7/h4H,2-3H2,1H3,(H2,10,11,12,13,14). The highest BCUT2D eigenvalue weighted by atomic mass is 35.5. The van der Waals surface area contributed by atoms with E-state index in [4.69, 9.17) is 16.3 Å². The van der Waals surface area contributed by atoms with Gasteiger partial charge in [0.05, 0.1) is 13.7 Å². The van der Waals surface area contributed by atoms with Gasteiger partial charge in [-0.25, -0.2) is 0 Å². The highest BCUT2D eigenvalue weighted by Gasteiger charge is 2.08. The monoisotopic (exact) mass is 227 g/mol. The van der Waals surface area contributed by atoms with E-state index in [1.165, 1.54) is 7.11 Å². The van der Waals surface area contributed by atoms with Crippen LogP contribution < -0.4 is 15.4 Å². The summed E-state index contributed by atoms with van der Waals surface area (Å²) in [6.45, 7) is 1.59. The van der Waals surface area contributed by atoms with Crippen molar-refractivity contribution < 1.29 is 4.74 Å². The minimum Gasteiger partial charge on any atom is -0.467 e. The molecule has 1 aromatic rings. The van der Waals surface area contributed by atoms with E-state index in [-0.39, 0.29) is 6.01 Å². The van der Waals surface area contributed by atoms with Crippen LogP contribution in [0.3, 0.4) is 0 Å². The first-order valence-electron chi connectivity index (χ1n) is 4.42. The van der Waals surface area contributed by atoms with Crippen molar-refractivity contribution in [1.82, 2.24) is 15.3 Å². The fourth-order valence-corrected chi connectivity index (χ4v) is 1.33. The number of nitrogens with zero attached hydrogens (tertiary/aromatic N) is 3. The molecule has 7 heteroatoms. The van der Waals surface area contributed by atoms with Crippen molar-refractivity contribution in [2.24, 2.45) is 4.99 Å². The Morgan fingerprint density at radius 2 is 2.40 bits per heavy atom. The maximum absolute atomic E-state index is 5.78. The number of aliphatic imine (C=N–C) groups is 1. The van der Waals surface area contributed by atoms with Gasteiger partial charge in [0.2, 0.25) is 0 Å². The summed E-state index contributed by atoms with van der Waals surface area (Å²) in [6.07, 6.45) is 0. The molecule has 2 rings (SSSR count). The lowest BCUT2D eigenvalue weighted by molar-refractivity contribution is 0.380. The van der Waals surface area contributed by atoms with Gasteiger partial charge >= 0.3 is 6.01 Å². The van der Waals surface area contributed by atoms with E-state index in [1.54, 1.807) is 6.07 Å². The molecule has 0 saturated carbocycles. The van der Waals surface area contributed by atoms with Crippen molar-refractivity contribution >= 4 is 23.4 Å². The molecule has 2 heterocycles. The van der Waals surface area contributed by atoms with Gasteiger partial charge in [0.25, 0.3) is 0 Å². The van der Waals surface area contributed by atoms with Gasteiger partial charge in [-0.15, -0.1) is 0 Å². The minimum atomic E-state index is 0.226. The zero-order valence-corrected chi connectivity index (χ0v) is 8.88. The molecule has 0 radical (unpaired) electrons. The van der Waals surface area contributed by atoms with Gasteiger partial charge in [-0.3, -0.25) is 4.99 Å². The van der Waals surface area contributed by atoms with E-state index in [0.717, 1.165) is 13.1 Å². The molecule has 6 nitrogen and oxygen atoms in total. The predicted octanol–water partition coefficient (Wildman–Crippen LogP) is 0.510. The number of rotatable bonds is 2. The molecule has 1 aliphatic rings. The molecule has 0 aliphatic carbocycles. The lowest BCUT2D eigenvalue weighted by Gasteiger charge is -2.06. The summed E-state index contributed by atoms with van der Waals surface area (Å²) in [5, 5.41) is 6.36. The molecule has 0 aromatic carbocycles. The molecule has 1 aliphatic heterocycles. The van der Waals surface area contributed by atoms with Crippen LogP contribution >= 0.6 is 11.6 Å². The molecule has 1 aromatic heterocycles. The van der Waals surface area contributed by atoms with Crippen molar-refractivity contribution in [1.29, 1.82) is 0 Å². The van der Waals surface area contributed by atoms with Gasteiger partial charge in [0.1, 0.15) is 11.0 Å². The Morgan fingerprint density at radius 1 is 1.53 bits per heavy atom. The average Bonchev–Trinajstić information content (AvgIpc) is 2.69. The predicted molar refractivity (Wildman–Crippen MR) is 57.5 cm³/mol. The van der Waals surface area contributed by atoms with Crippen LogP contribution in [0.25, 0.3) is 0 Å². The molecule has 0 spiro atoms. The number of aromatic nitrogens is 2. The first kappa shape index (κ1) is 9.97. The smallest absolute Gasteiger partial charge is 0.319 e. The van der Waals surface area contributed by atoms with Crippen molar-refractivity contribution in [3.8, 4) is 6.01 Å². The molecule has 0 bridgehead atoms. The van der Waals surface area contributed by atoms with Crippen LogP contribution in [0.2, 0.25) is 5.15 Å². The number of methoxy groups -OCH3 is 1. The van der Waals surface area contributed by atoms with E-state index in [9.17, 15) is 0 Å². The lowest BCUT2D eigenvalue weighted by atomic mass is 10.6. The highest BCUT2D eigenvalue weighted by molar-refractivity contribution is 6.29. The topological polar surface area (TPSA) is 71.4 Å². The van der Waals surface area contributed by atoms with E-state index >= 15 is 0 Å². The average molecular weight is 228 g/mol. The van der Waals surface area contributed by atoms with Crippen molar-refractivity contribution in [3.63, 3.8) is 0 Å². The van der Waals surface area contributed by atoms with E-state index in [2.05, 4.69) is 25.6 Å². The summed E-state index contributed by atoms with van der Waals surface area (Å²) in [4.78, 5) is 12.1. The number of guanidine groups is 1. The van der Waals surface area contributed by atoms with Gasteiger partial charge in [0.15, 0.2) is 5.96 Å². The van der Waals surface area contributed by atoms with E-state index < -0.39 is 0 Å². The van der Waals surface area contributed by atoms with Crippen LogP contribution in [-0.4, -0.2) is 36.1 Å². The molecular formula is C8H10ClN5O. The molecule has 0 unspecified atom stereocenters.